The van der Waals surface area contributed by atoms with Crippen LogP contribution in [0.3, 0.4) is 0 Å². The molecule has 18 heavy (non-hydrogen) atoms. The standard InChI is InChI=1S/C15H11N3/c1-10-9-14-15-12(6-4-8-16-15)11-5-2-3-7-13(11)18(14)17-10/h2-9H,1H3. The molecule has 4 rings (SSSR count). The summed E-state index contributed by atoms with van der Waals surface area (Å²) in [5.41, 5.74) is 4.22. The molecule has 0 saturated heterocycles. The normalized spacial score (nSPS) is 11.6. The maximum atomic E-state index is 4.57. The molecule has 3 heteroatoms. The van der Waals surface area contributed by atoms with Gasteiger partial charge in [-0.2, -0.15) is 5.10 Å². The molecule has 0 unspecified atom stereocenters. The van der Waals surface area contributed by atoms with Crippen LogP contribution in [0.2, 0.25) is 0 Å². The van der Waals surface area contributed by atoms with Crippen LogP contribution in [0.15, 0.2) is 48.7 Å². The summed E-state index contributed by atoms with van der Waals surface area (Å²) in [6.45, 7) is 2.01. The Bertz CT molecular complexity index is 817. The van der Waals surface area contributed by atoms with E-state index in [0.717, 1.165) is 22.2 Å². The van der Waals surface area contributed by atoms with Crippen LogP contribution >= 0.6 is 0 Å². The van der Waals surface area contributed by atoms with Crippen LogP contribution in [0.5, 0.6) is 0 Å². The first-order chi connectivity index (χ1) is 8.84. The van der Waals surface area contributed by atoms with E-state index in [1.54, 1.807) is 0 Å². The fraction of sp³-hybridized carbons (Fsp3) is 0.0667. The average Bonchev–Trinajstić information content (AvgIpc) is 2.81. The molecule has 0 radical (unpaired) electrons. The van der Waals surface area contributed by atoms with Crippen molar-refractivity contribution in [2.45, 2.75) is 6.92 Å². The molecule has 0 bridgehead atoms. The van der Waals surface area contributed by atoms with Gasteiger partial charge in [0.15, 0.2) is 0 Å². The van der Waals surface area contributed by atoms with Crippen LogP contribution in [0.1, 0.15) is 5.69 Å². The van der Waals surface area contributed by atoms with E-state index >= 15 is 0 Å². The predicted octanol–water partition coefficient (Wildman–Crippen LogP) is 3.34. The number of hydrogen-bond acceptors (Lipinski definition) is 2. The molecule has 0 aliphatic carbocycles. The van der Waals surface area contributed by atoms with E-state index in [9.17, 15) is 0 Å². The van der Waals surface area contributed by atoms with Gasteiger partial charge in [0, 0.05) is 17.0 Å². The minimum atomic E-state index is 1.01. The lowest BCUT2D eigenvalue weighted by atomic mass is 10.1. The first-order valence-electron chi connectivity index (χ1n) is 5.96. The van der Waals surface area contributed by atoms with Gasteiger partial charge in [-0.3, -0.25) is 4.98 Å². The molecule has 0 fully saturated rings. The summed E-state index contributed by atoms with van der Waals surface area (Å²) >= 11 is 0. The number of pyridine rings is 2. The molecule has 3 nitrogen and oxygen atoms in total. The Kier molecular flexibility index (Phi) is 1.75. The van der Waals surface area contributed by atoms with Crippen molar-refractivity contribution >= 4 is 27.3 Å². The highest BCUT2D eigenvalue weighted by Crippen LogP contribution is 2.27. The van der Waals surface area contributed by atoms with Crippen LogP contribution in [0.4, 0.5) is 0 Å². The Morgan fingerprint density at radius 3 is 2.72 bits per heavy atom. The molecule has 86 valence electrons. The molecule has 3 aromatic heterocycles. The maximum Gasteiger partial charge on any atom is 0.0966 e. The lowest BCUT2D eigenvalue weighted by molar-refractivity contribution is 0.973. The van der Waals surface area contributed by atoms with Crippen molar-refractivity contribution in [2.24, 2.45) is 0 Å². The van der Waals surface area contributed by atoms with E-state index in [-0.39, 0.29) is 0 Å². The van der Waals surface area contributed by atoms with E-state index in [1.165, 1.54) is 10.8 Å². The van der Waals surface area contributed by atoms with Crippen molar-refractivity contribution in [1.29, 1.82) is 0 Å². The van der Waals surface area contributed by atoms with Crippen molar-refractivity contribution in [3.8, 4) is 0 Å². The Morgan fingerprint density at radius 1 is 0.944 bits per heavy atom. The lowest BCUT2D eigenvalue weighted by Crippen LogP contribution is -1.93. The van der Waals surface area contributed by atoms with Crippen molar-refractivity contribution in [3.05, 3.63) is 54.4 Å². The fourth-order valence-corrected chi connectivity index (χ4v) is 2.56. The Balaban J connectivity index is 2.45. The zero-order chi connectivity index (χ0) is 12.1. The van der Waals surface area contributed by atoms with E-state index in [1.807, 2.05) is 29.8 Å². The third-order valence-electron chi connectivity index (χ3n) is 3.30. The molecule has 0 spiro atoms. The van der Waals surface area contributed by atoms with E-state index in [0.29, 0.717) is 0 Å². The number of aryl methyl sites for hydroxylation is 1. The molecule has 0 amide bonds. The summed E-state index contributed by atoms with van der Waals surface area (Å²) in [6, 6.07) is 14.5. The molecular formula is C15H11N3. The third kappa shape index (κ3) is 1.13. The zero-order valence-corrected chi connectivity index (χ0v) is 9.96. The van der Waals surface area contributed by atoms with E-state index in [4.69, 9.17) is 0 Å². The first kappa shape index (κ1) is 9.59. The molecular weight excluding hydrogens is 222 g/mol. The smallest absolute Gasteiger partial charge is 0.0966 e. The second kappa shape index (κ2) is 3.29. The molecule has 0 aliphatic heterocycles. The van der Waals surface area contributed by atoms with Crippen molar-refractivity contribution in [1.82, 2.24) is 14.6 Å². The van der Waals surface area contributed by atoms with Crippen molar-refractivity contribution in [3.63, 3.8) is 0 Å². The highest BCUT2D eigenvalue weighted by Gasteiger charge is 2.10. The van der Waals surface area contributed by atoms with Gasteiger partial charge in [-0.05, 0) is 25.1 Å². The minimum Gasteiger partial charge on any atom is -0.254 e. The summed E-state index contributed by atoms with van der Waals surface area (Å²) < 4.78 is 1.99. The summed E-state index contributed by atoms with van der Waals surface area (Å²) in [5.74, 6) is 0. The number of para-hydroxylation sites is 1. The zero-order valence-electron chi connectivity index (χ0n) is 9.96. The highest BCUT2D eigenvalue weighted by atomic mass is 15.2. The van der Waals surface area contributed by atoms with Gasteiger partial charge in [0.2, 0.25) is 0 Å². The van der Waals surface area contributed by atoms with Gasteiger partial charge in [0.05, 0.1) is 22.2 Å². The molecule has 0 N–H and O–H groups in total. The second-order valence-corrected chi connectivity index (χ2v) is 4.50. The summed E-state index contributed by atoms with van der Waals surface area (Å²) in [6.07, 6.45) is 1.83. The van der Waals surface area contributed by atoms with Gasteiger partial charge in [-0.1, -0.05) is 24.3 Å². The topological polar surface area (TPSA) is 30.2 Å². The Morgan fingerprint density at radius 2 is 1.78 bits per heavy atom. The molecule has 1 aromatic carbocycles. The largest absolute Gasteiger partial charge is 0.254 e. The van der Waals surface area contributed by atoms with Gasteiger partial charge in [0.25, 0.3) is 0 Å². The number of hydrogen-bond donors (Lipinski definition) is 0. The van der Waals surface area contributed by atoms with Gasteiger partial charge >= 0.3 is 0 Å². The second-order valence-electron chi connectivity index (χ2n) is 4.50. The van der Waals surface area contributed by atoms with Crippen molar-refractivity contribution < 1.29 is 0 Å². The van der Waals surface area contributed by atoms with Crippen LogP contribution in [0, 0.1) is 6.92 Å². The number of benzene rings is 1. The summed E-state index contributed by atoms with van der Waals surface area (Å²) in [7, 11) is 0. The first-order valence-corrected chi connectivity index (χ1v) is 5.96. The van der Waals surface area contributed by atoms with E-state index in [2.05, 4.69) is 40.4 Å². The highest BCUT2D eigenvalue weighted by molar-refractivity contribution is 6.10. The van der Waals surface area contributed by atoms with Gasteiger partial charge in [-0.15, -0.1) is 0 Å². The number of aromatic nitrogens is 3. The molecule has 4 aromatic rings. The maximum absolute atomic E-state index is 4.57. The summed E-state index contributed by atoms with van der Waals surface area (Å²) in [5, 5.41) is 6.94. The number of nitrogens with zero attached hydrogens (tertiary/aromatic N) is 3. The fourth-order valence-electron chi connectivity index (χ4n) is 2.56. The predicted molar refractivity (Wildman–Crippen MR) is 72.7 cm³/mol. The van der Waals surface area contributed by atoms with Crippen LogP contribution in [-0.2, 0) is 0 Å². The number of fused-ring (bicyclic) bond motifs is 6. The minimum absolute atomic E-state index is 1.01. The third-order valence-corrected chi connectivity index (χ3v) is 3.30. The lowest BCUT2D eigenvalue weighted by Gasteiger charge is -2.06. The van der Waals surface area contributed by atoms with Gasteiger partial charge in [0.1, 0.15) is 0 Å². The molecule has 3 heterocycles. The van der Waals surface area contributed by atoms with Crippen molar-refractivity contribution in [2.75, 3.05) is 0 Å². The van der Waals surface area contributed by atoms with Gasteiger partial charge in [-0.25, -0.2) is 4.52 Å². The SMILES string of the molecule is Cc1cc2c3ncccc3c3ccccc3n2n1. The molecule has 0 saturated carbocycles. The average molecular weight is 233 g/mol. The van der Waals surface area contributed by atoms with Gasteiger partial charge < -0.3 is 0 Å². The van der Waals surface area contributed by atoms with E-state index < -0.39 is 0 Å². The molecule has 0 atom stereocenters. The Labute approximate surface area is 104 Å². The van der Waals surface area contributed by atoms with Crippen LogP contribution in [0.25, 0.3) is 27.3 Å². The quantitative estimate of drug-likeness (QED) is 0.436. The monoisotopic (exact) mass is 233 g/mol. The number of rotatable bonds is 0. The van der Waals surface area contributed by atoms with Crippen LogP contribution in [-0.4, -0.2) is 14.6 Å². The van der Waals surface area contributed by atoms with Crippen LogP contribution < -0.4 is 0 Å². The summed E-state index contributed by atoms with van der Waals surface area (Å²) in [4.78, 5) is 4.51. The molecule has 0 aliphatic rings. The Hall–Kier alpha value is -2.42.